The van der Waals surface area contributed by atoms with Crippen LogP contribution in [0.4, 0.5) is 0 Å². The molecule has 0 fully saturated rings. The van der Waals surface area contributed by atoms with Crippen LogP contribution in [0.3, 0.4) is 0 Å². The Kier molecular flexibility index (Phi) is 4.22. The molecular weight excluding hydrogens is 304 g/mol. The predicted molar refractivity (Wildman–Crippen MR) is 104 cm³/mol. The van der Waals surface area contributed by atoms with E-state index in [0.717, 1.165) is 17.9 Å². The number of aryl methyl sites for hydroxylation is 1. The van der Waals surface area contributed by atoms with Gasteiger partial charge in [-0.1, -0.05) is 66.7 Å². The fourth-order valence-electron chi connectivity index (χ4n) is 3.18. The smallest absolute Gasteiger partial charge is 0.127 e. The molecule has 0 N–H and O–H groups in total. The highest BCUT2D eigenvalue weighted by molar-refractivity contribution is 5.86. The standard InChI is InChI=1S/C24H20O/c1-18-14-15-23(25-22-11-3-2-4-12-22)17-21(18)16-20-10-7-9-19-8-5-6-13-24(19)20/h2-15,17H,16H2,1H3. The number of fused-ring (bicyclic) bond motifs is 1. The Labute approximate surface area is 148 Å². The zero-order valence-electron chi connectivity index (χ0n) is 14.3. The van der Waals surface area contributed by atoms with Gasteiger partial charge >= 0.3 is 0 Å². The monoisotopic (exact) mass is 324 g/mol. The summed E-state index contributed by atoms with van der Waals surface area (Å²) in [4.78, 5) is 0. The fourth-order valence-corrected chi connectivity index (χ4v) is 3.18. The summed E-state index contributed by atoms with van der Waals surface area (Å²) in [7, 11) is 0. The molecule has 0 spiro atoms. The molecule has 0 heterocycles. The summed E-state index contributed by atoms with van der Waals surface area (Å²) in [6.07, 6.45) is 0.902. The summed E-state index contributed by atoms with van der Waals surface area (Å²) in [6, 6.07) is 31.3. The van der Waals surface area contributed by atoms with Crippen molar-refractivity contribution in [3.05, 3.63) is 108 Å². The Morgan fingerprint density at radius 2 is 1.40 bits per heavy atom. The molecule has 4 aromatic rings. The lowest BCUT2D eigenvalue weighted by molar-refractivity contribution is 0.482. The average Bonchev–Trinajstić information content (AvgIpc) is 2.66. The number of hydrogen-bond donors (Lipinski definition) is 0. The highest BCUT2D eigenvalue weighted by Crippen LogP contribution is 2.27. The minimum absolute atomic E-state index is 0.863. The van der Waals surface area contributed by atoms with Crippen molar-refractivity contribution in [3.8, 4) is 11.5 Å². The first-order valence-corrected chi connectivity index (χ1v) is 8.59. The van der Waals surface area contributed by atoms with Crippen molar-refractivity contribution in [2.75, 3.05) is 0 Å². The lowest BCUT2D eigenvalue weighted by Gasteiger charge is -2.12. The highest BCUT2D eigenvalue weighted by Gasteiger charge is 2.06. The van der Waals surface area contributed by atoms with E-state index in [-0.39, 0.29) is 0 Å². The van der Waals surface area contributed by atoms with Gasteiger partial charge in [-0.3, -0.25) is 0 Å². The molecule has 0 aliphatic carbocycles. The van der Waals surface area contributed by atoms with Gasteiger partial charge in [-0.15, -0.1) is 0 Å². The summed E-state index contributed by atoms with van der Waals surface area (Å²) >= 11 is 0. The van der Waals surface area contributed by atoms with Crippen LogP contribution in [-0.2, 0) is 6.42 Å². The first-order chi connectivity index (χ1) is 12.3. The van der Waals surface area contributed by atoms with E-state index >= 15 is 0 Å². The Bertz CT molecular complexity index is 997. The Hall–Kier alpha value is -3.06. The summed E-state index contributed by atoms with van der Waals surface area (Å²) in [5, 5.41) is 2.60. The first-order valence-electron chi connectivity index (χ1n) is 8.59. The van der Waals surface area contributed by atoms with Crippen LogP contribution in [-0.4, -0.2) is 0 Å². The van der Waals surface area contributed by atoms with Gasteiger partial charge in [-0.2, -0.15) is 0 Å². The Morgan fingerprint density at radius 1 is 0.640 bits per heavy atom. The molecule has 0 atom stereocenters. The third-order valence-corrected chi connectivity index (χ3v) is 4.56. The maximum Gasteiger partial charge on any atom is 0.127 e. The second-order valence-corrected chi connectivity index (χ2v) is 6.32. The SMILES string of the molecule is Cc1ccc(Oc2ccccc2)cc1Cc1cccc2ccccc12. The van der Waals surface area contributed by atoms with E-state index in [4.69, 9.17) is 4.74 Å². The lowest BCUT2D eigenvalue weighted by atomic mass is 9.96. The number of ether oxygens (including phenoxy) is 1. The van der Waals surface area contributed by atoms with Crippen molar-refractivity contribution in [1.82, 2.24) is 0 Å². The van der Waals surface area contributed by atoms with Crippen LogP contribution in [0.1, 0.15) is 16.7 Å². The van der Waals surface area contributed by atoms with Gasteiger partial charge in [0.25, 0.3) is 0 Å². The van der Waals surface area contributed by atoms with Gasteiger partial charge in [-0.05, 0) is 65.1 Å². The van der Waals surface area contributed by atoms with Crippen LogP contribution in [0.25, 0.3) is 10.8 Å². The van der Waals surface area contributed by atoms with Crippen molar-refractivity contribution in [2.45, 2.75) is 13.3 Å². The van der Waals surface area contributed by atoms with Crippen LogP contribution in [0, 0.1) is 6.92 Å². The van der Waals surface area contributed by atoms with Crippen molar-refractivity contribution in [3.63, 3.8) is 0 Å². The fraction of sp³-hybridized carbons (Fsp3) is 0.0833. The summed E-state index contributed by atoms with van der Waals surface area (Å²) in [5.74, 6) is 1.74. The minimum atomic E-state index is 0.863. The van der Waals surface area contributed by atoms with Crippen molar-refractivity contribution < 1.29 is 4.74 Å². The molecule has 25 heavy (non-hydrogen) atoms. The van der Waals surface area contributed by atoms with Crippen LogP contribution in [0.5, 0.6) is 11.5 Å². The molecule has 122 valence electrons. The molecule has 0 bridgehead atoms. The second-order valence-electron chi connectivity index (χ2n) is 6.32. The Morgan fingerprint density at radius 3 is 2.28 bits per heavy atom. The molecule has 4 rings (SSSR count). The molecule has 0 radical (unpaired) electrons. The van der Waals surface area contributed by atoms with Gasteiger partial charge in [0.05, 0.1) is 0 Å². The summed E-state index contributed by atoms with van der Waals surface area (Å²) < 4.78 is 6.00. The van der Waals surface area contributed by atoms with Crippen LogP contribution < -0.4 is 4.74 Å². The van der Waals surface area contributed by atoms with E-state index in [1.54, 1.807) is 0 Å². The number of hydrogen-bond acceptors (Lipinski definition) is 1. The van der Waals surface area contributed by atoms with Crippen LogP contribution in [0.15, 0.2) is 91.0 Å². The predicted octanol–water partition coefficient (Wildman–Crippen LogP) is 6.53. The van der Waals surface area contributed by atoms with Crippen LogP contribution >= 0.6 is 0 Å². The van der Waals surface area contributed by atoms with Gasteiger partial charge in [0.2, 0.25) is 0 Å². The lowest BCUT2D eigenvalue weighted by Crippen LogP contribution is -1.94. The Balaban J connectivity index is 1.67. The van der Waals surface area contributed by atoms with E-state index in [1.165, 1.54) is 27.5 Å². The maximum absolute atomic E-state index is 6.00. The summed E-state index contributed by atoms with van der Waals surface area (Å²) in [5.41, 5.74) is 3.93. The molecule has 0 aromatic heterocycles. The molecule has 0 amide bonds. The van der Waals surface area contributed by atoms with Crippen molar-refractivity contribution in [1.29, 1.82) is 0 Å². The zero-order valence-corrected chi connectivity index (χ0v) is 14.3. The molecule has 0 saturated heterocycles. The quantitative estimate of drug-likeness (QED) is 0.414. The number of para-hydroxylation sites is 1. The van der Waals surface area contributed by atoms with E-state index < -0.39 is 0 Å². The number of rotatable bonds is 4. The molecular formula is C24H20O. The first kappa shape index (κ1) is 15.5. The minimum Gasteiger partial charge on any atom is -0.457 e. The van der Waals surface area contributed by atoms with E-state index in [0.29, 0.717) is 0 Å². The molecule has 0 saturated carbocycles. The van der Waals surface area contributed by atoms with Crippen molar-refractivity contribution in [2.24, 2.45) is 0 Å². The maximum atomic E-state index is 6.00. The largest absolute Gasteiger partial charge is 0.457 e. The molecule has 0 unspecified atom stereocenters. The van der Waals surface area contributed by atoms with Crippen LogP contribution in [0.2, 0.25) is 0 Å². The molecule has 1 nitrogen and oxygen atoms in total. The number of benzene rings is 4. The summed E-state index contributed by atoms with van der Waals surface area (Å²) in [6.45, 7) is 2.16. The van der Waals surface area contributed by atoms with Gasteiger partial charge in [-0.25, -0.2) is 0 Å². The van der Waals surface area contributed by atoms with E-state index in [9.17, 15) is 0 Å². The zero-order chi connectivity index (χ0) is 17.1. The van der Waals surface area contributed by atoms with Gasteiger partial charge in [0.1, 0.15) is 11.5 Å². The third kappa shape index (κ3) is 3.41. The average molecular weight is 324 g/mol. The molecule has 4 aromatic carbocycles. The highest BCUT2D eigenvalue weighted by atomic mass is 16.5. The van der Waals surface area contributed by atoms with Gasteiger partial charge in [0, 0.05) is 0 Å². The normalized spacial score (nSPS) is 10.8. The third-order valence-electron chi connectivity index (χ3n) is 4.56. The molecule has 1 heteroatoms. The topological polar surface area (TPSA) is 9.23 Å². The van der Waals surface area contributed by atoms with Crippen molar-refractivity contribution >= 4 is 10.8 Å². The molecule has 0 aliphatic rings. The second kappa shape index (κ2) is 6.82. The van der Waals surface area contributed by atoms with Gasteiger partial charge < -0.3 is 4.74 Å². The van der Waals surface area contributed by atoms with E-state index in [2.05, 4.69) is 61.5 Å². The van der Waals surface area contributed by atoms with E-state index in [1.807, 2.05) is 36.4 Å². The molecule has 0 aliphatic heterocycles. The van der Waals surface area contributed by atoms with Gasteiger partial charge in [0.15, 0.2) is 0 Å².